The van der Waals surface area contributed by atoms with Gasteiger partial charge in [0.1, 0.15) is 22.4 Å². The summed E-state index contributed by atoms with van der Waals surface area (Å²) in [6, 6.07) is 14.4. The Morgan fingerprint density at radius 2 is 0.611 bits per heavy atom. The zero-order valence-corrected chi connectivity index (χ0v) is 43.8. The van der Waals surface area contributed by atoms with Crippen LogP contribution in [0, 0.1) is 0 Å². The number of unbranched alkanes of at least 4 members (excludes halogenated alkanes) is 2. The van der Waals surface area contributed by atoms with E-state index in [1.807, 2.05) is 24.3 Å². The van der Waals surface area contributed by atoms with Crippen LogP contribution >= 0.6 is 0 Å². The summed E-state index contributed by atoms with van der Waals surface area (Å²) in [5.74, 6) is -3.66. The van der Waals surface area contributed by atoms with Gasteiger partial charge in [-0.2, -0.15) is 0 Å². The van der Waals surface area contributed by atoms with E-state index in [2.05, 4.69) is 0 Å². The lowest BCUT2D eigenvalue weighted by atomic mass is 9.82. The highest BCUT2D eigenvalue weighted by atomic mass is 16.6. The molecule has 2 heterocycles. The standard InChI is InChI=1S/C56H68N4O12/c1-53(2,3)69-41(61)29-57(30-42(62)70-54(4,5)6)25-13-15-27-59-49(65)37-21-17-33-35-19-23-39-48-40(24-20-36(46(35)48)34-18-22-38(50(59)66)47(37)45(33)34)52(68)60(51(39)67)28-16-14-26-58(31-43(63)71-55(7,8)9)32-44(64)72-56(10,11)12/h17-24H,13-16,25-32H2,1-12H3. The Labute approximate surface area is 420 Å². The van der Waals surface area contributed by atoms with Crippen molar-refractivity contribution in [2.45, 2.75) is 131 Å². The Morgan fingerprint density at radius 3 is 0.833 bits per heavy atom. The van der Waals surface area contributed by atoms with Crippen LogP contribution in [-0.4, -0.2) is 142 Å². The van der Waals surface area contributed by atoms with Crippen LogP contribution in [0.2, 0.25) is 0 Å². The van der Waals surface area contributed by atoms with Gasteiger partial charge in [-0.3, -0.25) is 58.0 Å². The molecule has 0 aromatic heterocycles. The van der Waals surface area contributed by atoms with Crippen LogP contribution in [-0.2, 0) is 38.1 Å². The summed E-state index contributed by atoms with van der Waals surface area (Å²) >= 11 is 0. The van der Waals surface area contributed by atoms with Crippen molar-refractivity contribution < 1.29 is 57.3 Å². The second-order valence-electron chi connectivity index (χ2n) is 22.8. The van der Waals surface area contributed by atoms with Crippen molar-refractivity contribution in [1.82, 2.24) is 19.6 Å². The molecule has 0 aliphatic carbocycles. The zero-order chi connectivity index (χ0) is 52.8. The number of benzene rings is 5. The SMILES string of the molecule is CC(C)(C)OC(=O)CN(CCCCN1C(=O)c2ccc3c4ccc5c6c(ccc(c7ccc(c2c37)C1=O)c64)C(=O)N(CCCCN(CC(=O)OC(C)(C)C)CC(=O)OC(C)(C)C)C5=O)CC(=O)OC(C)(C)C. The molecular weight excluding hydrogens is 921 g/mol. The van der Waals surface area contributed by atoms with Gasteiger partial charge < -0.3 is 18.9 Å². The predicted molar refractivity (Wildman–Crippen MR) is 273 cm³/mol. The van der Waals surface area contributed by atoms with Crippen LogP contribution in [0.25, 0.3) is 43.1 Å². The first kappa shape index (κ1) is 53.3. The topological polar surface area (TPSA) is 186 Å². The van der Waals surface area contributed by atoms with Gasteiger partial charge in [0.15, 0.2) is 0 Å². The van der Waals surface area contributed by atoms with E-state index in [1.165, 1.54) is 9.80 Å². The van der Waals surface area contributed by atoms with Crippen molar-refractivity contribution in [2.24, 2.45) is 0 Å². The summed E-state index contributed by atoms with van der Waals surface area (Å²) in [6.45, 7) is 21.5. The Balaban J connectivity index is 1.08. The molecule has 0 spiro atoms. The van der Waals surface area contributed by atoms with E-state index >= 15 is 0 Å². The fourth-order valence-corrected chi connectivity index (χ4v) is 9.64. The largest absolute Gasteiger partial charge is 0.459 e. The van der Waals surface area contributed by atoms with Crippen LogP contribution in [0.4, 0.5) is 0 Å². The van der Waals surface area contributed by atoms with Gasteiger partial charge in [-0.25, -0.2) is 0 Å². The normalized spacial score (nSPS) is 14.5. The molecule has 0 saturated heterocycles. The molecule has 16 heteroatoms. The van der Waals surface area contributed by atoms with Crippen molar-refractivity contribution in [2.75, 3.05) is 52.4 Å². The number of rotatable bonds is 18. The molecule has 0 unspecified atom stereocenters. The molecule has 16 nitrogen and oxygen atoms in total. The van der Waals surface area contributed by atoms with Gasteiger partial charge in [0.25, 0.3) is 23.6 Å². The Morgan fingerprint density at radius 1 is 0.375 bits per heavy atom. The fourth-order valence-electron chi connectivity index (χ4n) is 9.64. The van der Waals surface area contributed by atoms with Gasteiger partial charge in [0.05, 0.1) is 26.2 Å². The van der Waals surface area contributed by atoms with Crippen molar-refractivity contribution in [3.63, 3.8) is 0 Å². The number of carbonyl (C=O) groups is 8. The van der Waals surface area contributed by atoms with Gasteiger partial charge >= 0.3 is 23.9 Å². The third-order valence-electron chi connectivity index (χ3n) is 12.1. The van der Waals surface area contributed by atoms with Gasteiger partial charge in [0.2, 0.25) is 0 Å². The highest BCUT2D eigenvalue weighted by Gasteiger charge is 2.37. The van der Waals surface area contributed by atoms with E-state index in [0.29, 0.717) is 71.8 Å². The van der Waals surface area contributed by atoms with Gasteiger partial charge in [-0.1, -0.05) is 24.3 Å². The molecule has 2 aliphatic heterocycles. The molecule has 7 rings (SSSR count). The predicted octanol–water partition coefficient (Wildman–Crippen LogP) is 8.46. The fraction of sp³-hybridized carbons (Fsp3) is 0.500. The lowest BCUT2D eigenvalue weighted by Gasteiger charge is -2.30. The summed E-state index contributed by atoms with van der Waals surface area (Å²) < 4.78 is 22.0. The van der Waals surface area contributed by atoms with Crippen molar-refractivity contribution in [1.29, 1.82) is 0 Å². The van der Waals surface area contributed by atoms with E-state index in [9.17, 15) is 38.4 Å². The van der Waals surface area contributed by atoms with E-state index in [-0.39, 0.29) is 39.3 Å². The number of fused-ring (bicyclic) bond motifs is 2. The molecule has 0 radical (unpaired) electrons. The van der Waals surface area contributed by atoms with Gasteiger partial charge in [-0.15, -0.1) is 0 Å². The third kappa shape index (κ3) is 12.0. The monoisotopic (exact) mass is 988 g/mol. The molecule has 5 aromatic carbocycles. The molecule has 0 fully saturated rings. The van der Waals surface area contributed by atoms with Crippen LogP contribution in [0.5, 0.6) is 0 Å². The highest BCUT2D eigenvalue weighted by molar-refractivity contribution is 6.41. The number of imide groups is 2. The minimum atomic E-state index is -0.710. The Bertz CT molecular complexity index is 2620. The van der Waals surface area contributed by atoms with Crippen LogP contribution in [0.3, 0.4) is 0 Å². The maximum atomic E-state index is 14.3. The first-order valence-corrected chi connectivity index (χ1v) is 24.7. The average molecular weight is 989 g/mol. The van der Waals surface area contributed by atoms with Gasteiger partial charge in [-0.05, 0) is 178 Å². The number of hydrogen-bond donors (Lipinski definition) is 0. The van der Waals surface area contributed by atoms with E-state index < -0.39 is 69.9 Å². The zero-order valence-electron chi connectivity index (χ0n) is 43.8. The summed E-state index contributed by atoms with van der Waals surface area (Å²) in [5, 5.41) is 5.67. The lowest BCUT2D eigenvalue weighted by molar-refractivity contribution is -0.162. The molecule has 384 valence electrons. The Kier molecular flexibility index (Phi) is 14.9. The molecule has 5 aromatic rings. The molecule has 0 atom stereocenters. The first-order valence-electron chi connectivity index (χ1n) is 24.7. The first-order chi connectivity index (χ1) is 33.5. The number of esters is 4. The van der Waals surface area contributed by atoms with Crippen molar-refractivity contribution in [3.8, 4) is 0 Å². The average Bonchev–Trinajstić information content (AvgIpc) is 3.23. The number of nitrogens with zero attached hydrogens (tertiary/aromatic N) is 4. The third-order valence-corrected chi connectivity index (χ3v) is 12.1. The molecule has 4 amide bonds. The van der Waals surface area contributed by atoms with Crippen LogP contribution in [0.1, 0.15) is 150 Å². The number of amides is 4. The smallest absolute Gasteiger partial charge is 0.320 e. The minimum absolute atomic E-state index is 0.113. The summed E-state index contributed by atoms with van der Waals surface area (Å²) in [4.78, 5) is 114. The highest BCUT2D eigenvalue weighted by Crippen LogP contribution is 2.46. The summed E-state index contributed by atoms with van der Waals surface area (Å²) in [7, 11) is 0. The number of carbonyl (C=O) groups excluding carboxylic acids is 8. The lowest BCUT2D eigenvalue weighted by Crippen LogP contribution is -2.42. The Hall–Kier alpha value is -6.52. The molecule has 0 saturated carbocycles. The second kappa shape index (κ2) is 20.2. The molecule has 0 N–H and O–H groups in total. The number of hydrogen-bond acceptors (Lipinski definition) is 14. The van der Waals surface area contributed by atoms with Gasteiger partial charge in [0, 0.05) is 46.1 Å². The minimum Gasteiger partial charge on any atom is -0.459 e. The van der Waals surface area contributed by atoms with Crippen LogP contribution < -0.4 is 0 Å². The van der Waals surface area contributed by atoms with E-state index in [0.717, 1.165) is 32.3 Å². The molecule has 2 aliphatic rings. The molecular formula is C56H68N4O12. The summed E-state index contributed by atoms with van der Waals surface area (Å²) in [6.07, 6.45) is 1.74. The maximum Gasteiger partial charge on any atom is 0.320 e. The van der Waals surface area contributed by atoms with E-state index in [4.69, 9.17) is 18.9 Å². The number of ether oxygens (including phenoxy) is 4. The van der Waals surface area contributed by atoms with Crippen molar-refractivity contribution >= 4 is 90.6 Å². The van der Waals surface area contributed by atoms with Crippen molar-refractivity contribution in [3.05, 3.63) is 70.8 Å². The molecule has 0 bridgehead atoms. The summed E-state index contributed by atoms with van der Waals surface area (Å²) in [5.41, 5.74) is -1.30. The second-order valence-corrected chi connectivity index (χ2v) is 22.8. The van der Waals surface area contributed by atoms with Crippen LogP contribution in [0.15, 0.2) is 48.5 Å². The molecule has 72 heavy (non-hydrogen) atoms. The van der Waals surface area contributed by atoms with E-state index in [1.54, 1.807) is 117 Å². The maximum absolute atomic E-state index is 14.3. The quantitative estimate of drug-likeness (QED) is 0.0203.